The molecule has 5 heteroatoms. The zero-order valence-electron chi connectivity index (χ0n) is 12.3. The number of benzene rings is 1. The molecule has 2 rings (SSSR count). The van der Waals surface area contributed by atoms with E-state index < -0.39 is 0 Å². The van der Waals surface area contributed by atoms with E-state index >= 15 is 0 Å². The van der Waals surface area contributed by atoms with Crippen LogP contribution in [0.5, 0.6) is 0 Å². The van der Waals surface area contributed by atoms with Crippen molar-refractivity contribution in [3.63, 3.8) is 0 Å². The van der Waals surface area contributed by atoms with Crippen molar-refractivity contribution in [3.8, 4) is 0 Å². The predicted molar refractivity (Wildman–Crippen MR) is 77.4 cm³/mol. The Bertz CT molecular complexity index is 577. The number of aromatic amines is 1. The number of rotatable bonds is 4. The van der Waals surface area contributed by atoms with Crippen LogP contribution in [0.3, 0.4) is 0 Å². The Hall–Kier alpha value is -2.17. The van der Waals surface area contributed by atoms with Crippen LogP contribution in [0.25, 0.3) is 0 Å². The largest absolute Gasteiger partial charge is 0.332 e. The van der Waals surface area contributed by atoms with Crippen LogP contribution in [0.4, 0.5) is 0 Å². The molecule has 0 fully saturated rings. The number of aromatic nitrogens is 3. The summed E-state index contributed by atoms with van der Waals surface area (Å²) in [6.45, 7) is 6.00. The van der Waals surface area contributed by atoms with Crippen LogP contribution in [-0.2, 0) is 0 Å². The monoisotopic (exact) mass is 272 g/mol. The topological polar surface area (TPSA) is 61.9 Å². The smallest absolute Gasteiger partial charge is 0.293 e. The Morgan fingerprint density at radius 1 is 1.20 bits per heavy atom. The van der Waals surface area contributed by atoms with Crippen molar-refractivity contribution < 1.29 is 4.79 Å². The molecule has 1 aromatic heterocycles. The predicted octanol–water partition coefficient (Wildman–Crippen LogP) is 2.76. The Morgan fingerprint density at radius 3 is 2.40 bits per heavy atom. The highest BCUT2D eigenvalue weighted by atomic mass is 16.2. The van der Waals surface area contributed by atoms with E-state index in [2.05, 4.69) is 15.2 Å². The normalized spacial score (nSPS) is 12.4. The molecule has 0 aliphatic rings. The molecule has 1 unspecified atom stereocenters. The van der Waals surface area contributed by atoms with Crippen LogP contribution in [0.1, 0.15) is 54.7 Å². The first-order chi connectivity index (χ1) is 9.50. The average Bonchev–Trinajstić information content (AvgIpc) is 2.96. The van der Waals surface area contributed by atoms with Gasteiger partial charge < -0.3 is 4.90 Å². The first-order valence-corrected chi connectivity index (χ1v) is 6.75. The van der Waals surface area contributed by atoms with Crippen molar-refractivity contribution in [1.82, 2.24) is 20.1 Å². The van der Waals surface area contributed by atoms with Crippen molar-refractivity contribution >= 4 is 5.91 Å². The molecule has 0 radical (unpaired) electrons. The molecule has 0 bridgehead atoms. The summed E-state index contributed by atoms with van der Waals surface area (Å²) < 4.78 is 0. The molecule has 20 heavy (non-hydrogen) atoms. The molecule has 0 aliphatic carbocycles. The number of hydrogen-bond acceptors (Lipinski definition) is 3. The van der Waals surface area contributed by atoms with Gasteiger partial charge >= 0.3 is 0 Å². The molecule has 1 amide bonds. The number of nitrogens with zero attached hydrogens (tertiary/aromatic N) is 3. The van der Waals surface area contributed by atoms with E-state index in [-0.39, 0.29) is 23.7 Å². The molecule has 5 nitrogen and oxygen atoms in total. The zero-order chi connectivity index (χ0) is 14.7. The van der Waals surface area contributed by atoms with Gasteiger partial charge in [0.15, 0.2) is 0 Å². The molecule has 0 saturated carbocycles. The maximum absolute atomic E-state index is 12.4. The number of nitrogens with one attached hydrogen (secondary N) is 1. The molecule has 0 spiro atoms. The van der Waals surface area contributed by atoms with E-state index in [9.17, 15) is 4.79 Å². The van der Waals surface area contributed by atoms with Crippen molar-refractivity contribution in [2.45, 2.75) is 32.7 Å². The third kappa shape index (κ3) is 2.87. The van der Waals surface area contributed by atoms with Gasteiger partial charge in [-0.2, -0.15) is 0 Å². The highest BCUT2D eigenvalue weighted by Crippen LogP contribution is 2.19. The van der Waals surface area contributed by atoms with Gasteiger partial charge in [0, 0.05) is 13.0 Å². The van der Waals surface area contributed by atoms with Gasteiger partial charge in [0.1, 0.15) is 5.82 Å². The lowest BCUT2D eigenvalue weighted by Gasteiger charge is -2.24. The van der Waals surface area contributed by atoms with Gasteiger partial charge in [-0.15, -0.1) is 5.10 Å². The van der Waals surface area contributed by atoms with E-state index in [1.54, 1.807) is 11.9 Å². The highest BCUT2D eigenvalue weighted by Gasteiger charge is 2.22. The van der Waals surface area contributed by atoms with Crippen molar-refractivity contribution in [1.29, 1.82) is 0 Å². The van der Waals surface area contributed by atoms with Gasteiger partial charge in [-0.05, 0) is 12.5 Å². The first-order valence-electron chi connectivity index (χ1n) is 6.75. The number of carbonyl (C=O) groups is 1. The zero-order valence-corrected chi connectivity index (χ0v) is 12.3. The van der Waals surface area contributed by atoms with Crippen LogP contribution in [0, 0.1) is 0 Å². The Morgan fingerprint density at radius 2 is 1.85 bits per heavy atom. The van der Waals surface area contributed by atoms with Crippen molar-refractivity contribution in [2.24, 2.45) is 0 Å². The SMILES string of the molecule is CC(C)c1nc(C(=O)N(C)C(C)c2ccccc2)n[nH]1. The fourth-order valence-electron chi connectivity index (χ4n) is 1.92. The van der Waals surface area contributed by atoms with E-state index in [0.717, 1.165) is 11.4 Å². The number of carbonyl (C=O) groups excluding carboxylic acids is 1. The van der Waals surface area contributed by atoms with Crippen molar-refractivity contribution in [2.75, 3.05) is 7.05 Å². The maximum atomic E-state index is 12.4. The lowest BCUT2D eigenvalue weighted by atomic mass is 10.1. The molecular formula is C15H20N4O. The summed E-state index contributed by atoms with van der Waals surface area (Å²) in [5, 5.41) is 6.82. The van der Waals surface area contributed by atoms with Crippen molar-refractivity contribution in [3.05, 3.63) is 47.5 Å². The van der Waals surface area contributed by atoms with Gasteiger partial charge in [-0.3, -0.25) is 9.89 Å². The maximum Gasteiger partial charge on any atom is 0.293 e. The van der Waals surface area contributed by atoms with E-state index in [1.165, 1.54) is 0 Å². The minimum absolute atomic E-state index is 0.0234. The molecule has 1 aromatic carbocycles. The summed E-state index contributed by atoms with van der Waals surface area (Å²) in [7, 11) is 1.77. The fourth-order valence-corrected chi connectivity index (χ4v) is 1.92. The minimum Gasteiger partial charge on any atom is -0.332 e. The summed E-state index contributed by atoms with van der Waals surface area (Å²) in [6, 6.07) is 9.88. The second-order valence-corrected chi connectivity index (χ2v) is 5.20. The molecule has 1 N–H and O–H groups in total. The molecular weight excluding hydrogens is 252 g/mol. The number of hydrogen-bond donors (Lipinski definition) is 1. The third-order valence-corrected chi connectivity index (χ3v) is 3.42. The molecule has 0 aliphatic heterocycles. The Labute approximate surface area is 119 Å². The highest BCUT2D eigenvalue weighted by molar-refractivity contribution is 5.90. The molecule has 106 valence electrons. The summed E-state index contributed by atoms with van der Waals surface area (Å²) in [6.07, 6.45) is 0. The van der Waals surface area contributed by atoms with Gasteiger partial charge in [0.2, 0.25) is 5.82 Å². The van der Waals surface area contributed by atoms with Gasteiger partial charge in [0.05, 0.1) is 6.04 Å². The van der Waals surface area contributed by atoms with Gasteiger partial charge in [-0.25, -0.2) is 4.98 Å². The van der Waals surface area contributed by atoms with Crippen LogP contribution in [0.15, 0.2) is 30.3 Å². The minimum atomic E-state index is -0.176. The average molecular weight is 272 g/mol. The van der Waals surface area contributed by atoms with Crippen LogP contribution in [0.2, 0.25) is 0 Å². The fraction of sp³-hybridized carbons (Fsp3) is 0.400. The van der Waals surface area contributed by atoms with E-state index in [1.807, 2.05) is 51.1 Å². The van der Waals surface area contributed by atoms with Crippen LogP contribution < -0.4 is 0 Å². The number of H-pyrrole nitrogens is 1. The van der Waals surface area contributed by atoms with Gasteiger partial charge in [0.25, 0.3) is 5.91 Å². The Balaban J connectivity index is 2.15. The molecule has 2 aromatic rings. The van der Waals surface area contributed by atoms with E-state index in [4.69, 9.17) is 0 Å². The summed E-state index contributed by atoms with van der Waals surface area (Å²) in [5.41, 5.74) is 1.09. The van der Waals surface area contributed by atoms with Gasteiger partial charge in [-0.1, -0.05) is 44.2 Å². The molecule has 1 atom stereocenters. The molecule has 1 heterocycles. The summed E-state index contributed by atoms with van der Waals surface area (Å²) in [5.74, 6) is 0.999. The lowest BCUT2D eigenvalue weighted by molar-refractivity contribution is 0.0730. The Kier molecular flexibility index (Phi) is 4.17. The number of amides is 1. The second kappa shape index (κ2) is 5.86. The van der Waals surface area contributed by atoms with Crippen LogP contribution in [-0.4, -0.2) is 33.0 Å². The molecule has 0 saturated heterocycles. The quantitative estimate of drug-likeness (QED) is 0.931. The van der Waals surface area contributed by atoms with Crippen LogP contribution >= 0.6 is 0 Å². The first kappa shape index (κ1) is 14.2. The standard InChI is InChI=1S/C15H20N4O/c1-10(2)13-16-14(18-17-13)15(20)19(4)11(3)12-8-6-5-7-9-12/h5-11H,1-4H3,(H,16,17,18). The summed E-state index contributed by atoms with van der Waals surface area (Å²) in [4.78, 5) is 18.3. The second-order valence-electron chi connectivity index (χ2n) is 5.20. The third-order valence-electron chi connectivity index (χ3n) is 3.42. The van der Waals surface area contributed by atoms with E-state index in [0.29, 0.717) is 0 Å². The lowest BCUT2D eigenvalue weighted by Crippen LogP contribution is -2.30. The summed E-state index contributed by atoms with van der Waals surface area (Å²) >= 11 is 0.